The van der Waals surface area contributed by atoms with Gasteiger partial charge < -0.3 is 15.7 Å². The van der Waals surface area contributed by atoms with Crippen LogP contribution in [0.1, 0.15) is 6.92 Å². The number of nitrogen functional groups attached to an aromatic ring is 1. The molecule has 7 nitrogen and oxygen atoms in total. The molecule has 172 valence electrons. The zero-order valence-electron chi connectivity index (χ0n) is 18.1. The Bertz CT molecular complexity index is 1540. The maximum absolute atomic E-state index is 12.7. The minimum absolute atomic E-state index is 0.123. The summed E-state index contributed by atoms with van der Waals surface area (Å²) in [6.07, 6.45) is 0. The molecule has 1 amide bonds. The molecule has 2 heterocycles. The van der Waals surface area contributed by atoms with Crippen LogP contribution in [0.15, 0.2) is 65.8 Å². The summed E-state index contributed by atoms with van der Waals surface area (Å²) in [7, 11) is 0. The third-order valence-corrected chi connectivity index (χ3v) is 7.03. The average Bonchev–Trinajstić information content (AvgIpc) is 3.35. The number of nitrogens with two attached hydrogens (primary N) is 1. The molecule has 10 heteroatoms. The number of hydrogen-bond donors (Lipinski definition) is 2. The average molecular weight is 511 g/mol. The molecule has 0 atom stereocenters. The van der Waals surface area contributed by atoms with Gasteiger partial charge in [-0.15, -0.1) is 10.2 Å². The molecule has 0 radical (unpaired) electrons. The number of nitrogens with zero attached hydrogens (tertiary/aromatic N) is 4. The maximum atomic E-state index is 12.7. The lowest BCUT2D eigenvalue weighted by Gasteiger charge is -2.07. The number of anilines is 1. The predicted octanol–water partition coefficient (Wildman–Crippen LogP) is 5.82. The normalized spacial score (nSPS) is 11.4. The lowest BCUT2D eigenvalue weighted by molar-refractivity contribution is -0.113. The number of nitrogens with one attached hydrogen (secondary N) is 1. The van der Waals surface area contributed by atoms with E-state index in [2.05, 4.69) is 39.1 Å². The largest absolute Gasteiger partial charge is 0.341 e. The number of aryl methyl sites for hydroxylation is 1. The van der Waals surface area contributed by atoms with Crippen LogP contribution in [0.25, 0.3) is 33.2 Å². The Kier molecular flexibility index (Phi) is 6.12. The first-order valence-corrected chi connectivity index (χ1v) is 12.3. The first-order valence-electron chi connectivity index (χ1n) is 10.6. The van der Waals surface area contributed by atoms with Gasteiger partial charge in [0.05, 0.1) is 10.8 Å². The van der Waals surface area contributed by atoms with Crippen molar-refractivity contribution in [3.63, 3.8) is 0 Å². The van der Waals surface area contributed by atoms with Gasteiger partial charge in [0.15, 0.2) is 5.82 Å². The van der Waals surface area contributed by atoms with Gasteiger partial charge in [-0.25, -0.2) is 4.68 Å². The van der Waals surface area contributed by atoms with E-state index in [0.29, 0.717) is 26.6 Å². The second kappa shape index (κ2) is 9.21. The molecule has 0 spiro atoms. The first-order chi connectivity index (χ1) is 16.5. The summed E-state index contributed by atoms with van der Waals surface area (Å²) < 4.78 is 3.59. The molecule has 3 aromatic carbocycles. The Morgan fingerprint density at radius 1 is 1.03 bits per heavy atom. The van der Waals surface area contributed by atoms with Crippen molar-refractivity contribution in [3.8, 4) is 11.4 Å². The van der Waals surface area contributed by atoms with Crippen LogP contribution in [0, 0.1) is 0 Å². The van der Waals surface area contributed by atoms with E-state index in [-0.39, 0.29) is 11.7 Å². The van der Waals surface area contributed by atoms with Crippen molar-refractivity contribution in [1.82, 2.24) is 19.4 Å². The van der Waals surface area contributed by atoms with E-state index in [4.69, 9.17) is 29.0 Å². The lowest BCUT2D eigenvalue weighted by Crippen LogP contribution is -2.16. The minimum atomic E-state index is -0.169. The number of hydrogen-bond acceptors (Lipinski definition) is 5. The molecule has 0 bridgehead atoms. The van der Waals surface area contributed by atoms with Crippen molar-refractivity contribution in [1.29, 1.82) is 0 Å². The molecule has 3 N–H and O–H groups in total. The topological polar surface area (TPSA) is 90.8 Å². The molecule has 0 aliphatic carbocycles. The predicted molar refractivity (Wildman–Crippen MR) is 140 cm³/mol. The van der Waals surface area contributed by atoms with Crippen LogP contribution in [0.2, 0.25) is 10.0 Å². The summed E-state index contributed by atoms with van der Waals surface area (Å²) in [5.74, 6) is 6.50. The molecule has 0 aliphatic heterocycles. The Morgan fingerprint density at radius 3 is 2.62 bits per heavy atom. The molecule has 0 saturated carbocycles. The molecule has 5 rings (SSSR count). The molecular formula is C24H20Cl2N6OS. The van der Waals surface area contributed by atoms with Crippen LogP contribution < -0.4 is 11.2 Å². The van der Waals surface area contributed by atoms with Gasteiger partial charge in [-0.1, -0.05) is 53.2 Å². The van der Waals surface area contributed by atoms with Crippen molar-refractivity contribution in [2.75, 3.05) is 16.9 Å². The molecule has 5 aromatic rings. The molecular weight excluding hydrogens is 491 g/mol. The zero-order chi connectivity index (χ0) is 23.8. The number of carbonyl (C=O) groups is 1. The number of para-hydroxylation sites is 1. The van der Waals surface area contributed by atoms with Crippen LogP contribution in [-0.2, 0) is 11.3 Å². The third kappa shape index (κ3) is 4.09. The van der Waals surface area contributed by atoms with E-state index in [1.165, 1.54) is 22.0 Å². The van der Waals surface area contributed by atoms with Crippen LogP contribution >= 0.6 is 35.0 Å². The zero-order valence-corrected chi connectivity index (χ0v) is 20.5. The standard InChI is InChI=1S/C24H20Cl2N6OS/c1-2-31-20-6-4-3-5-16(20)18-12-15(8-10-21(18)31)28-22(33)13-34-24-30-29-23(32(24)27)17-9-7-14(25)11-19(17)26/h3-12H,2,13,27H2,1H3,(H,28,33). The highest BCUT2D eigenvalue weighted by atomic mass is 35.5. The molecule has 0 aliphatic rings. The van der Waals surface area contributed by atoms with Crippen LogP contribution in [0.5, 0.6) is 0 Å². The number of benzene rings is 3. The van der Waals surface area contributed by atoms with Gasteiger partial charge in [-0.3, -0.25) is 4.79 Å². The Labute approximate surface area is 209 Å². The SMILES string of the molecule is CCn1c2ccccc2c2cc(NC(=O)CSc3nnc(-c4ccc(Cl)cc4Cl)n3N)ccc21. The fourth-order valence-corrected chi connectivity index (χ4v) is 5.18. The fourth-order valence-electron chi connectivity index (χ4n) is 4.03. The van der Waals surface area contributed by atoms with Gasteiger partial charge in [-0.05, 0) is 49.4 Å². The molecule has 0 fully saturated rings. The lowest BCUT2D eigenvalue weighted by atomic mass is 10.1. The highest BCUT2D eigenvalue weighted by molar-refractivity contribution is 7.99. The van der Waals surface area contributed by atoms with Crippen LogP contribution in [0.4, 0.5) is 5.69 Å². The van der Waals surface area contributed by atoms with E-state index in [9.17, 15) is 4.79 Å². The van der Waals surface area contributed by atoms with Crippen molar-refractivity contribution >= 4 is 68.4 Å². The smallest absolute Gasteiger partial charge is 0.234 e. The number of fused-ring (bicyclic) bond motifs is 3. The number of halogens is 2. The Morgan fingerprint density at radius 2 is 1.82 bits per heavy atom. The molecule has 2 aromatic heterocycles. The van der Waals surface area contributed by atoms with Crippen molar-refractivity contribution in [2.45, 2.75) is 18.6 Å². The quantitative estimate of drug-likeness (QED) is 0.221. The summed E-state index contributed by atoms with van der Waals surface area (Å²) in [6.45, 7) is 3.00. The summed E-state index contributed by atoms with van der Waals surface area (Å²) in [4.78, 5) is 12.7. The summed E-state index contributed by atoms with van der Waals surface area (Å²) in [5.41, 5.74) is 3.66. The Balaban J connectivity index is 1.32. The van der Waals surface area contributed by atoms with E-state index in [0.717, 1.165) is 28.5 Å². The second-order valence-corrected chi connectivity index (χ2v) is 9.42. The minimum Gasteiger partial charge on any atom is -0.341 e. The van der Waals surface area contributed by atoms with Crippen LogP contribution in [-0.4, -0.2) is 31.1 Å². The number of amides is 1. The van der Waals surface area contributed by atoms with Gasteiger partial charge in [-0.2, -0.15) is 0 Å². The van der Waals surface area contributed by atoms with E-state index >= 15 is 0 Å². The van der Waals surface area contributed by atoms with Crippen molar-refractivity contribution in [2.24, 2.45) is 0 Å². The highest BCUT2D eigenvalue weighted by Gasteiger charge is 2.17. The molecule has 34 heavy (non-hydrogen) atoms. The summed E-state index contributed by atoms with van der Waals surface area (Å²) in [5, 5.41) is 14.8. The van der Waals surface area contributed by atoms with Gasteiger partial charge in [0.1, 0.15) is 0 Å². The van der Waals surface area contributed by atoms with Gasteiger partial charge >= 0.3 is 0 Å². The van der Waals surface area contributed by atoms with Gasteiger partial charge in [0.25, 0.3) is 0 Å². The monoisotopic (exact) mass is 510 g/mol. The first kappa shape index (κ1) is 22.6. The highest BCUT2D eigenvalue weighted by Crippen LogP contribution is 2.32. The number of aromatic nitrogens is 4. The maximum Gasteiger partial charge on any atom is 0.234 e. The summed E-state index contributed by atoms with van der Waals surface area (Å²) >= 11 is 13.4. The van der Waals surface area contributed by atoms with Gasteiger partial charge in [0, 0.05) is 44.6 Å². The van der Waals surface area contributed by atoms with Crippen molar-refractivity contribution in [3.05, 3.63) is 70.7 Å². The van der Waals surface area contributed by atoms with E-state index in [1.54, 1.807) is 18.2 Å². The fraction of sp³-hybridized carbons (Fsp3) is 0.125. The van der Waals surface area contributed by atoms with E-state index in [1.807, 2.05) is 30.3 Å². The van der Waals surface area contributed by atoms with Crippen molar-refractivity contribution < 1.29 is 4.79 Å². The number of rotatable bonds is 6. The second-order valence-electron chi connectivity index (χ2n) is 7.63. The molecule has 0 unspecified atom stereocenters. The van der Waals surface area contributed by atoms with Crippen LogP contribution in [0.3, 0.4) is 0 Å². The number of carbonyl (C=O) groups excluding carboxylic acids is 1. The van der Waals surface area contributed by atoms with E-state index < -0.39 is 0 Å². The Hall–Kier alpha value is -3.20. The number of thioether (sulfide) groups is 1. The summed E-state index contributed by atoms with van der Waals surface area (Å²) in [6, 6.07) is 19.3. The van der Waals surface area contributed by atoms with Gasteiger partial charge in [0.2, 0.25) is 11.1 Å². The molecule has 0 saturated heterocycles. The third-order valence-electron chi connectivity index (χ3n) is 5.54.